The van der Waals surface area contributed by atoms with Gasteiger partial charge in [-0.1, -0.05) is 0 Å². The monoisotopic (exact) mass is 334 g/mol. The summed E-state index contributed by atoms with van der Waals surface area (Å²) in [7, 11) is 1.60. The molecule has 2 aromatic rings. The third-order valence-electron chi connectivity index (χ3n) is 3.72. The molecule has 0 saturated carbocycles. The average Bonchev–Trinajstić information content (AvgIpc) is 2.63. The number of aliphatic hydroxyl groups excluding tert-OH is 3. The van der Waals surface area contributed by atoms with Gasteiger partial charge in [0.15, 0.2) is 0 Å². The predicted octanol–water partition coefficient (Wildman–Crippen LogP) is -0.0300. The fourth-order valence-electron chi connectivity index (χ4n) is 2.30. The number of aliphatic hydroxyl groups is 3. The number of ether oxygens (including phenoxy) is 3. The molecule has 1 aromatic carbocycles. The van der Waals surface area contributed by atoms with E-state index in [0.29, 0.717) is 5.69 Å². The SMILES string of the molecule is COc1ccc(-c2ccc(O[C@@H]3OC[C@@H](O)[C@H](O)[C@H]3O)nn2)cc1. The Balaban J connectivity index is 1.68. The molecule has 24 heavy (non-hydrogen) atoms. The van der Waals surface area contributed by atoms with Crippen LogP contribution in [0.3, 0.4) is 0 Å². The van der Waals surface area contributed by atoms with Gasteiger partial charge in [0.1, 0.15) is 24.1 Å². The van der Waals surface area contributed by atoms with Gasteiger partial charge in [0, 0.05) is 11.6 Å². The largest absolute Gasteiger partial charge is 0.497 e. The first-order valence-electron chi connectivity index (χ1n) is 7.39. The van der Waals surface area contributed by atoms with Crippen molar-refractivity contribution in [1.82, 2.24) is 10.2 Å². The van der Waals surface area contributed by atoms with Gasteiger partial charge >= 0.3 is 0 Å². The molecule has 4 atom stereocenters. The topological polar surface area (TPSA) is 114 Å². The minimum absolute atomic E-state index is 0.139. The molecule has 0 spiro atoms. The molecule has 2 heterocycles. The van der Waals surface area contributed by atoms with Crippen molar-refractivity contribution in [2.45, 2.75) is 24.6 Å². The molecule has 8 heteroatoms. The second-order valence-electron chi connectivity index (χ2n) is 5.35. The van der Waals surface area contributed by atoms with Crippen molar-refractivity contribution in [3.05, 3.63) is 36.4 Å². The summed E-state index contributed by atoms with van der Waals surface area (Å²) in [6.07, 6.45) is -4.99. The molecule has 1 fully saturated rings. The van der Waals surface area contributed by atoms with E-state index in [0.717, 1.165) is 11.3 Å². The van der Waals surface area contributed by atoms with Crippen molar-refractivity contribution >= 4 is 0 Å². The maximum Gasteiger partial charge on any atom is 0.235 e. The molecule has 1 saturated heterocycles. The second kappa shape index (κ2) is 7.10. The number of methoxy groups -OCH3 is 1. The van der Waals surface area contributed by atoms with Crippen molar-refractivity contribution in [1.29, 1.82) is 0 Å². The Morgan fingerprint density at radius 2 is 1.75 bits per heavy atom. The average molecular weight is 334 g/mol. The summed E-state index contributed by atoms with van der Waals surface area (Å²) in [5.74, 6) is 0.885. The van der Waals surface area contributed by atoms with Crippen LogP contribution in [0, 0.1) is 0 Å². The Kier molecular flexibility index (Phi) is 4.91. The lowest BCUT2D eigenvalue weighted by Crippen LogP contribution is -2.54. The van der Waals surface area contributed by atoms with E-state index in [2.05, 4.69) is 10.2 Å². The summed E-state index contributed by atoms with van der Waals surface area (Å²) in [6.45, 7) is -0.139. The summed E-state index contributed by atoms with van der Waals surface area (Å²) in [5.41, 5.74) is 1.51. The van der Waals surface area contributed by atoms with Crippen molar-refractivity contribution in [2.24, 2.45) is 0 Å². The number of hydrogen-bond donors (Lipinski definition) is 3. The lowest BCUT2D eigenvalue weighted by atomic mass is 10.1. The summed E-state index contributed by atoms with van der Waals surface area (Å²) in [6, 6.07) is 10.6. The predicted molar refractivity (Wildman–Crippen MR) is 82.4 cm³/mol. The zero-order valence-corrected chi connectivity index (χ0v) is 12.9. The van der Waals surface area contributed by atoms with Gasteiger partial charge in [-0.2, -0.15) is 0 Å². The van der Waals surface area contributed by atoms with E-state index in [1.165, 1.54) is 0 Å². The van der Waals surface area contributed by atoms with Crippen molar-refractivity contribution < 1.29 is 29.5 Å². The van der Waals surface area contributed by atoms with E-state index in [1.807, 2.05) is 24.3 Å². The van der Waals surface area contributed by atoms with E-state index in [4.69, 9.17) is 14.2 Å². The molecule has 1 aliphatic heterocycles. The van der Waals surface area contributed by atoms with E-state index in [1.54, 1.807) is 19.2 Å². The van der Waals surface area contributed by atoms with Gasteiger partial charge in [-0.25, -0.2) is 0 Å². The molecule has 1 aromatic heterocycles. The highest BCUT2D eigenvalue weighted by Crippen LogP contribution is 2.23. The Morgan fingerprint density at radius 3 is 2.38 bits per heavy atom. The maximum atomic E-state index is 9.83. The summed E-state index contributed by atoms with van der Waals surface area (Å²) in [5, 5.41) is 36.9. The van der Waals surface area contributed by atoms with Crippen LogP contribution in [0.4, 0.5) is 0 Å². The van der Waals surface area contributed by atoms with E-state index < -0.39 is 24.6 Å². The molecule has 0 unspecified atom stereocenters. The smallest absolute Gasteiger partial charge is 0.235 e. The molecule has 1 aliphatic rings. The second-order valence-corrected chi connectivity index (χ2v) is 5.35. The molecule has 0 amide bonds. The van der Waals surface area contributed by atoms with Gasteiger partial charge in [0.25, 0.3) is 0 Å². The zero-order valence-electron chi connectivity index (χ0n) is 12.9. The standard InChI is InChI=1S/C16H18N2O6/c1-22-10-4-2-9(3-5-10)11-6-7-13(18-17-11)24-16-15(21)14(20)12(19)8-23-16/h2-7,12,14-16,19-21H,8H2,1H3/t12-,14+,15-,16+/m1/s1. The van der Waals surface area contributed by atoms with E-state index in [9.17, 15) is 15.3 Å². The summed E-state index contributed by atoms with van der Waals surface area (Å²) >= 11 is 0. The first kappa shape index (κ1) is 16.6. The zero-order chi connectivity index (χ0) is 17.1. The Bertz CT molecular complexity index is 663. The molecule has 128 valence electrons. The van der Waals surface area contributed by atoms with Crippen molar-refractivity contribution in [3.8, 4) is 22.9 Å². The number of benzene rings is 1. The first-order valence-corrected chi connectivity index (χ1v) is 7.39. The van der Waals surface area contributed by atoms with Gasteiger partial charge in [-0.15, -0.1) is 10.2 Å². The van der Waals surface area contributed by atoms with Gasteiger partial charge in [-0.05, 0) is 30.3 Å². The first-order chi connectivity index (χ1) is 11.6. The summed E-state index contributed by atoms with van der Waals surface area (Å²) < 4.78 is 15.6. The highest BCUT2D eigenvalue weighted by atomic mass is 16.7. The van der Waals surface area contributed by atoms with Crippen molar-refractivity contribution in [2.75, 3.05) is 13.7 Å². The quantitative estimate of drug-likeness (QED) is 0.714. The third kappa shape index (κ3) is 3.46. The molecular weight excluding hydrogens is 316 g/mol. The maximum absolute atomic E-state index is 9.83. The molecule has 3 N–H and O–H groups in total. The van der Waals surface area contributed by atoms with Gasteiger partial charge in [-0.3, -0.25) is 0 Å². The molecule has 0 bridgehead atoms. The highest BCUT2D eigenvalue weighted by Gasteiger charge is 2.39. The summed E-state index contributed by atoms with van der Waals surface area (Å²) in [4.78, 5) is 0. The fraction of sp³-hybridized carbons (Fsp3) is 0.375. The van der Waals surface area contributed by atoms with Crippen LogP contribution in [-0.4, -0.2) is 63.8 Å². The van der Waals surface area contributed by atoms with Crippen LogP contribution in [0.15, 0.2) is 36.4 Å². The Morgan fingerprint density at radius 1 is 1.00 bits per heavy atom. The lowest BCUT2D eigenvalue weighted by Gasteiger charge is -2.34. The third-order valence-corrected chi connectivity index (χ3v) is 3.72. The van der Waals surface area contributed by atoms with Gasteiger partial charge in [0.05, 0.1) is 19.4 Å². The van der Waals surface area contributed by atoms with Crippen LogP contribution in [0.1, 0.15) is 0 Å². The fourth-order valence-corrected chi connectivity index (χ4v) is 2.30. The Labute approximate surface area is 138 Å². The highest BCUT2D eigenvalue weighted by molar-refractivity contribution is 5.59. The van der Waals surface area contributed by atoms with Crippen LogP contribution >= 0.6 is 0 Å². The number of rotatable bonds is 4. The van der Waals surface area contributed by atoms with E-state index in [-0.39, 0.29) is 12.5 Å². The molecule has 3 rings (SSSR count). The van der Waals surface area contributed by atoms with Crippen molar-refractivity contribution in [3.63, 3.8) is 0 Å². The van der Waals surface area contributed by atoms with Crippen LogP contribution in [-0.2, 0) is 4.74 Å². The minimum Gasteiger partial charge on any atom is -0.497 e. The number of nitrogens with zero attached hydrogens (tertiary/aromatic N) is 2. The molecule has 8 nitrogen and oxygen atoms in total. The van der Waals surface area contributed by atoms with Crippen LogP contribution < -0.4 is 9.47 Å². The van der Waals surface area contributed by atoms with Crippen LogP contribution in [0.2, 0.25) is 0 Å². The van der Waals surface area contributed by atoms with E-state index >= 15 is 0 Å². The molecule has 0 aliphatic carbocycles. The number of aromatic nitrogens is 2. The lowest BCUT2D eigenvalue weighted by molar-refractivity contribution is -0.242. The van der Waals surface area contributed by atoms with Gasteiger partial charge in [0.2, 0.25) is 12.2 Å². The number of hydrogen-bond acceptors (Lipinski definition) is 8. The Hall–Kier alpha value is -2.26. The van der Waals surface area contributed by atoms with Gasteiger partial charge < -0.3 is 29.5 Å². The van der Waals surface area contributed by atoms with Crippen LogP contribution in [0.25, 0.3) is 11.3 Å². The van der Waals surface area contributed by atoms with Crippen LogP contribution in [0.5, 0.6) is 11.6 Å². The normalized spacial score (nSPS) is 26.8. The minimum atomic E-state index is -1.38. The molecular formula is C16H18N2O6. The molecule has 0 radical (unpaired) electrons.